The summed E-state index contributed by atoms with van der Waals surface area (Å²) in [7, 11) is -8.51. The lowest BCUT2D eigenvalue weighted by molar-refractivity contribution is 0.460. The van der Waals surface area contributed by atoms with Crippen LogP contribution in [-0.2, 0) is 0 Å². The van der Waals surface area contributed by atoms with E-state index in [4.69, 9.17) is 31.6 Å². The molecule has 6 rings (SSSR count). The van der Waals surface area contributed by atoms with E-state index in [9.17, 15) is 0 Å². The van der Waals surface area contributed by atoms with Gasteiger partial charge in [-0.1, -0.05) is 95.5 Å². The summed E-state index contributed by atoms with van der Waals surface area (Å²) in [6, 6.07) is 47.5. The molecular weight excluding hydrogens is 559 g/mol. The van der Waals surface area contributed by atoms with Gasteiger partial charge in [-0.2, -0.15) is 0 Å². The van der Waals surface area contributed by atoms with Gasteiger partial charge >= 0.3 is 23.2 Å². The van der Waals surface area contributed by atoms with Crippen LogP contribution in [0.15, 0.2) is 165 Å². The maximum absolute atomic E-state index is 6.61. The van der Waals surface area contributed by atoms with Crippen molar-refractivity contribution >= 4 is 28.5 Å². The second-order valence-electron chi connectivity index (χ2n) is 8.49. The third-order valence-corrected chi connectivity index (χ3v) is 13.0. The molecule has 5 aromatic rings. The highest BCUT2D eigenvalue weighted by Gasteiger charge is 2.47. The lowest BCUT2D eigenvalue weighted by atomic mass is 10.3. The Morgan fingerprint density at radius 2 is 0.725 bits per heavy atom. The first-order chi connectivity index (χ1) is 19.7. The molecule has 1 heterocycles. The van der Waals surface area contributed by atoms with E-state index in [0.29, 0.717) is 23.0 Å². The molecule has 0 spiro atoms. The molecule has 0 aromatic heterocycles. The smallest absolute Gasteiger partial charge is 0.411 e. The van der Waals surface area contributed by atoms with Gasteiger partial charge in [0.15, 0.2) is 5.30 Å². The zero-order chi connectivity index (χ0) is 27.1. The fourth-order valence-electron chi connectivity index (χ4n) is 3.73. The standard InChI is InChI=1S/C30H25N3O4P3/c1-6-16-26(17-7-1)34-39(35-27-18-8-2-9-19-27)31-38(30-24-14-5-15-25-30)32-40(33-39,36-28-20-10-3-11-21-28)37-29-22-12-4-13-23-29/h1-25H/q+1. The van der Waals surface area contributed by atoms with Crippen LogP contribution in [0.5, 0.6) is 23.0 Å². The van der Waals surface area contributed by atoms with Crippen molar-refractivity contribution in [2.45, 2.75) is 0 Å². The minimum Gasteiger partial charge on any atom is -0.411 e. The van der Waals surface area contributed by atoms with Crippen LogP contribution in [0.4, 0.5) is 0 Å². The summed E-state index contributed by atoms with van der Waals surface area (Å²) in [4.78, 5) is 0. The fourth-order valence-corrected chi connectivity index (χ4v) is 12.1. The van der Waals surface area contributed by atoms with Crippen molar-refractivity contribution in [1.29, 1.82) is 0 Å². The zero-order valence-corrected chi connectivity index (χ0v) is 23.9. The molecule has 1 atom stereocenters. The van der Waals surface area contributed by atoms with Crippen LogP contribution in [-0.4, -0.2) is 0 Å². The van der Waals surface area contributed by atoms with Gasteiger partial charge in [0.25, 0.3) is 0 Å². The van der Waals surface area contributed by atoms with Crippen molar-refractivity contribution in [2.24, 2.45) is 13.5 Å². The molecule has 1 aliphatic heterocycles. The van der Waals surface area contributed by atoms with Gasteiger partial charge in [-0.05, 0) is 60.7 Å². The Balaban J connectivity index is 1.61. The molecule has 0 radical (unpaired) electrons. The van der Waals surface area contributed by atoms with Crippen LogP contribution < -0.4 is 23.4 Å². The van der Waals surface area contributed by atoms with E-state index < -0.39 is 23.2 Å². The molecule has 0 saturated carbocycles. The van der Waals surface area contributed by atoms with Crippen LogP contribution in [0.3, 0.4) is 0 Å². The van der Waals surface area contributed by atoms with Gasteiger partial charge in [0.1, 0.15) is 23.0 Å². The Morgan fingerprint density at radius 1 is 0.400 bits per heavy atom. The lowest BCUT2D eigenvalue weighted by Gasteiger charge is -2.25. The molecule has 0 saturated heterocycles. The van der Waals surface area contributed by atoms with Crippen LogP contribution in [0.25, 0.3) is 0 Å². The zero-order valence-electron chi connectivity index (χ0n) is 21.3. The van der Waals surface area contributed by atoms with E-state index in [0.717, 1.165) is 5.30 Å². The van der Waals surface area contributed by atoms with Crippen molar-refractivity contribution in [3.05, 3.63) is 152 Å². The summed E-state index contributed by atoms with van der Waals surface area (Å²) in [5, 5.41) is 0.905. The molecule has 0 amide bonds. The number of para-hydroxylation sites is 4. The molecule has 7 nitrogen and oxygen atoms in total. The van der Waals surface area contributed by atoms with Gasteiger partial charge in [0.2, 0.25) is 0 Å². The summed E-state index contributed by atoms with van der Waals surface area (Å²) < 4.78 is 41.8. The number of hydrogen-bond donors (Lipinski definition) is 0. The summed E-state index contributed by atoms with van der Waals surface area (Å²) in [5.74, 6) is 2.28. The average Bonchev–Trinajstić information content (AvgIpc) is 2.99. The summed E-state index contributed by atoms with van der Waals surface area (Å²) in [6.45, 7) is 0. The van der Waals surface area contributed by atoms with E-state index >= 15 is 0 Å². The van der Waals surface area contributed by atoms with Crippen molar-refractivity contribution < 1.29 is 18.1 Å². The van der Waals surface area contributed by atoms with E-state index in [1.54, 1.807) is 0 Å². The third-order valence-electron chi connectivity index (χ3n) is 5.48. The first-order valence-corrected chi connectivity index (χ1v) is 16.8. The number of benzene rings is 5. The maximum Gasteiger partial charge on any atom is 0.495 e. The highest BCUT2D eigenvalue weighted by Crippen LogP contribution is 2.73. The quantitative estimate of drug-likeness (QED) is 0.162. The Kier molecular flexibility index (Phi) is 7.79. The van der Waals surface area contributed by atoms with Gasteiger partial charge in [-0.3, -0.25) is 0 Å². The number of rotatable bonds is 9. The van der Waals surface area contributed by atoms with Crippen molar-refractivity contribution in [2.75, 3.05) is 0 Å². The van der Waals surface area contributed by atoms with Crippen molar-refractivity contribution in [1.82, 2.24) is 0 Å². The molecule has 1 unspecified atom stereocenters. The highest BCUT2D eigenvalue weighted by molar-refractivity contribution is 7.78. The normalized spacial score (nSPS) is 15.8. The fraction of sp³-hybridized carbons (Fsp3) is 0. The van der Waals surface area contributed by atoms with Gasteiger partial charge in [0, 0.05) is 9.03 Å². The summed E-state index contributed by atoms with van der Waals surface area (Å²) >= 11 is 0. The predicted octanol–water partition coefficient (Wildman–Crippen LogP) is 10.1. The lowest BCUT2D eigenvalue weighted by Crippen LogP contribution is -2.07. The minimum atomic E-state index is -3.47. The Labute approximate surface area is 234 Å². The second kappa shape index (κ2) is 11.9. The maximum atomic E-state index is 6.61. The Bertz CT molecular complexity index is 1530. The minimum absolute atomic E-state index is 0.571. The van der Waals surface area contributed by atoms with Crippen LogP contribution in [0.1, 0.15) is 0 Å². The van der Waals surface area contributed by atoms with Gasteiger partial charge < -0.3 is 18.1 Å². The molecule has 0 aliphatic carbocycles. The van der Waals surface area contributed by atoms with E-state index in [1.807, 2.05) is 152 Å². The van der Waals surface area contributed by atoms with Crippen LogP contribution in [0, 0.1) is 0 Å². The first-order valence-electron chi connectivity index (χ1n) is 12.5. The molecule has 40 heavy (non-hydrogen) atoms. The second-order valence-corrected chi connectivity index (χ2v) is 14.4. The first kappa shape index (κ1) is 26.1. The van der Waals surface area contributed by atoms with Gasteiger partial charge in [-0.15, -0.1) is 0 Å². The summed E-state index contributed by atoms with van der Waals surface area (Å²) in [6.07, 6.45) is 0. The van der Waals surface area contributed by atoms with E-state index in [2.05, 4.69) is 0 Å². The third kappa shape index (κ3) is 6.35. The molecule has 1 aliphatic rings. The predicted molar refractivity (Wildman–Crippen MR) is 162 cm³/mol. The number of nitrogens with zero attached hydrogens (tertiary/aromatic N) is 3. The van der Waals surface area contributed by atoms with Crippen LogP contribution in [0.2, 0.25) is 0 Å². The topological polar surface area (TPSA) is 74.0 Å². The average molecular weight is 584 g/mol. The van der Waals surface area contributed by atoms with Gasteiger partial charge in [-0.25, -0.2) is 0 Å². The van der Waals surface area contributed by atoms with Gasteiger partial charge in [0.05, 0.1) is 0 Å². The van der Waals surface area contributed by atoms with Crippen molar-refractivity contribution in [3.63, 3.8) is 0 Å². The molecule has 198 valence electrons. The molecular formula is C30H25N3O4P3+. The van der Waals surface area contributed by atoms with E-state index in [-0.39, 0.29) is 0 Å². The molecule has 0 bridgehead atoms. The molecule has 5 aromatic carbocycles. The molecule has 10 heteroatoms. The number of hydrogen-bond acceptors (Lipinski definition) is 7. The summed E-state index contributed by atoms with van der Waals surface area (Å²) in [5.41, 5.74) is 0. The molecule has 0 N–H and O–H groups in total. The molecule has 0 fully saturated rings. The largest absolute Gasteiger partial charge is 0.495 e. The Morgan fingerprint density at radius 3 is 1.10 bits per heavy atom. The highest BCUT2D eigenvalue weighted by atomic mass is 31.3. The monoisotopic (exact) mass is 584 g/mol. The van der Waals surface area contributed by atoms with E-state index in [1.165, 1.54) is 0 Å². The Hall–Kier alpha value is -4.14. The van der Waals surface area contributed by atoms with Crippen molar-refractivity contribution in [3.8, 4) is 23.0 Å². The van der Waals surface area contributed by atoms with Crippen LogP contribution >= 0.6 is 23.2 Å². The SMILES string of the molecule is c1ccc(OP2(Oc3ccccc3)=N[P+](c3ccccc3)=NP(Oc3ccccc3)(Oc3ccccc3)=N2)cc1.